The summed E-state index contributed by atoms with van der Waals surface area (Å²) < 4.78 is 45.9. The van der Waals surface area contributed by atoms with E-state index in [1.54, 1.807) is 19.1 Å². The Morgan fingerprint density at radius 1 is 1.40 bits per heavy atom. The van der Waals surface area contributed by atoms with Crippen molar-refractivity contribution >= 4 is 15.7 Å². The summed E-state index contributed by atoms with van der Waals surface area (Å²) in [6.07, 6.45) is 1.44. The minimum absolute atomic E-state index is 0.177. The zero-order valence-electron chi connectivity index (χ0n) is 11.1. The van der Waals surface area contributed by atoms with Gasteiger partial charge in [0.2, 0.25) is 10.0 Å². The monoisotopic (exact) mass is 298 g/mol. The van der Waals surface area contributed by atoms with Crippen LogP contribution in [0.2, 0.25) is 0 Å². The smallest absolute Gasteiger partial charge is 0.244 e. The van der Waals surface area contributed by atoms with E-state index in [0.29, 0.717) is 5.76 Å². The second-order valence-corrected chi connectivity index (χ2v) is 6.19. The molecule has 1 aromatic carbocycles. The standard InChI is InChI=1S/C13H15FN2O3S/c1-8-6-10(15)7-12(13(8)14)20(17,18)16-9(2)11-4-3-5-19-11/h3-7,9,16H,15H2,1-2H3. The van der Waals surface area contributed by atoms with Crippen LogP contribution in [-0.4, -0.2) is 8.42 Å². The van der Waals surface area contributed by atoms with Gasteiger partial charge in [0.25, 0.3) is 0 Å². The molecule has 1 aromatic heterocycles. The molecule has 0 saturated heterocycles. The number of hydrogen-bond acceptors (Lipinski definition) is 4. The number of sulfonamides is 1. The molecule has 1 unspecified atom stereocenters. The molecular formula is C13H15FN2O3S. The highest BCUT2D eigenvalue weighted by atomic mass is 32.2. The van der Waals surface area contributed by atoms with Crippen LogP contribution < -0.4 is 10.5 Å². The largest absolute Gasteiger partial charge is 0.468 e. The third-order valence-electron chi connectivity index (χ3n) is 2.83. The second kappa shape index (κ2) is 5.26. The van der Waals surface area contributed by atoms with Gasteiger partial charge in [0.05, 0.1) is 12.3 Å². The number of furan rings is 1. The van der Waals surface area contributed by atoms with E-state index >= 15 is 0 Å². The maximum atomic E-state index is 14.0. The molecule has 0 spiro atoms. The van der Waals surface area contributed by atoms with Crippen molar-refractivity contribution in [3.63, 3.8) is 0 Å². The van der Waals surface area contributed by atoms with Gasteiger partial charge in [0.1, 0.15) is 16.5 Å². The average Bonchev–Trinajstić information content (AvgIpc) is 2.86. The van der Waals surface area contributed by atoms with Gasteiger partial charge in [-0.1, -0.05) is 0 Å². The third kappa shape index (κ3) is 2.83. The molecule has 5 nitrogen and oxygen atoms in total. The van der Waals surface area contributed by atoms with Crippen molar-refractivity contribution < 1.29 is 17.2 Å². The summed E-state index contributed by atoms with van der Waals surface area (Å²) in [6, 6.07) is 5.14. The van der Waals surface area contributed by atoms with E-state index < -0.39 is 26.8 Å². The first-order valence-electron chi connectivity index (χ1n) is 5.92. The van der Waals surface area contributed by atoms with E-state index in [9.17, 15) is 12.8 Å². The molecule has 1 heterocycles. The topological polar surface area (TPSA) is 85.3 Å². The third-order valence-corrected chi connectivity index (χ3v) is 4.37. The van der Waals surface area contributed by atoms with Crippen molar-refractivity contribution in [1.29, 1.82) is 0 Å². The molecule has 0 bridgehead atoms. The summed E-state index contributed by atoms with van der Waals surface area (Å²) in [6.45, 7) is 3.06. The van der Waals surface area contributed by atoms with Gasteiger partial charge >= 0.3 is 0 Å². The quantitative estimate of drug-likeness (QED) is 0.848. The molecule has 3 N–H and O–H groups in total. The molecule has 0 radical (unpaired) electrons. The Labute approximate surface area is 116 Å². The number of aryl methyl sites for hydroxylation is 1. The van der Waals surface area contributed by atoms with Crippen molar-refractivity contribution in [2.24, 2.45) is 0 Å². The van der Waals surface area contributed by atoms with Gasteiger partial charge in [0, 0.05) is 5.69 Å². The lowest BCUT2D eigenvalue weighted by molar-refractivity contribution is 0.458. The summed E-state index contributed by atoms with van der Waals surface area (Å²) in [7, 11) is -4.03. The Morgan fingerprint density at radius 3 is 2.70 bits per heavy atom. The van der Waals surface area contributed by atoms with Crippen LogP contribution >= 0.6 is 0 Å². The minimum atomic E-state index is -4.03. The lowest BCUT2D eigenvalue weighted by Crippen LogP contribution is -2.27. The van der Waals surface area contributed by atoms with E-state index in [1.807, 2.05) is 0 Å². The van der Waals surface area contributed by atoms with E-state index in [-0.39, 0.29) is 11.3 Å². The second-order valence-electron chi connectivity index (χ2n) is 4.51. The summed E-state index contributed by atoms with van der Waals surface area (Å²) in [5, 5.41) is 0. The molecular weight excluding hydrogens is 283 g/mol. The number of nitrogens with two attached hydrogens (primary N) is 1. The highest BCUT2D eigenvalue weighted by molar-refractivity contribution is 7.89. The van der Waals surface area contributed by atoms with E-state index in [4.69, 9.17) is 10.2 Å². The van der Waals surface area contributed by atoms with Crippen LogP contribution in [-0.2, 0) is 10.0 Å². The average molecular weight is 298 g/mol. The van der Waals surface area contributed by atoms with Crippen LogP contribution in [0.5, 0.6) is 0 Å². The Morgan fingerprint density at radius 2 is 2.10 bits per heavy atom. The molecule has 0 aliphatic rings. The van der Waals surface area contributed by atoms with Gasteiger partial charge in [-0.3, -0.25) is 0 Å². The zero-order valence-corrected chi connectivity index (χ0v) is 11.9. The molecule has 0 amide bonds. The zero-order chi connectivity index (χ0) is 14.9. The molecule has 20 heavy (non-hydrogen) atoms. The number of anilines is 1. The predicted octanol–water partition coefficient (Wildman–Crippen LogP) is 2.35. The number of hydrogen-bond donors (Lipinski definition) is 2. The molecule has 2 rings (SSSR count). The SMILES string of the molecule is Cc1cc(N)cc(S(=O)(=O)NC(C)c2ccco2)c1F. The Balaban J connectivity index is 2.36. The van der Waals surface area contributed by atoms with E-state index in [1.165, 1.54) is 19.3 Å². The summed E-state index contributed by atoms with van der Waals surface area (Å²) in [5.74, 6) is -0.368. The number of nitrogen functional groups attached to an aromatic ring is 1. The maximum Gasteiger partial charge on any atom is 0.244 e. The normalized spacial score (nSPS) is 13.3. The van der Waals surface area contributed by atoms with Crippen LogP contribution in [0, 0.1) is 12.7 Å². The molecule has 0 saturated carbocycles. The predicted molar refractivity (Wildman–Crippen MR) is 73.0 cm³/mol. The minimum Gasteiger partial charge on any atom is -0.468 e. The van der Waals surface area contributed by atoms with Crippen molar-refractivity contribution in [1.82, 2.24) is 4.72 Å². The number of benzene rings is 1. The van der Waals surface area contributed by atoms with Crippen molar-refractivity contribution in [3.05, 3.63) is 47.7 Å². The first kappa shape index (κ1) is 14.5. The highest BCUT2D eigenvalue weighted by Gasteiger charge is 2.24. The molecule has 108 valence electrons. The van der Waals surface area contributed by atoms with Gasteiger partial charge in [-0.25, -0.2) is 17.5 Å². The fourth-order valence-corrected chi connectivity index (χ4v) is 3.25. The molecule has 7 heteroatoms. The lowest BCUT2D eigenvalue weighted by atomic mass is 10.2. The molecule has 0 fully saturated rings. The molecule has 1 atom stereocenters. The summed E-state index contributed by atoms with van der Waals surface area (Å²) >= 11 is 0. The summed E-state index contributed by atoms with van der Waals surface area (Å²) in [5.41, 5.74) is 5.94. The van der Waals surface area contributed by atoms with Crippen molar-refractivity contribution in [2.75, 3.05) is 5.73 Å². The number of rotatable bonds is 4. The van der Waals surface area contributed by atoms with Gasteiger partial charge in [0.15, 0.2) is 0 Å². The highest BCUT2D eigenvalue weighted by Crippen LogP contribution is 2.23. The maximum absolute atomic E-state index is 14.0. The first-order chi connectivity index (χ1) is 9.31. The Hall–Kier alpha value is -1.86. The lowest BCUT2D eigenvalue weighted by Gasteiger charge is -2.14. The van der Waals surface area contributed by atoms with Gasteiger partial charge < -0.3 is 10.2 Å². The van der Waals surface area contributed by atoms with Crippen LogP contribution in [0.15, 0.2) is 39.8 Å². The fraction of sp³-hybridized carbons (Fsp3) is 0.231. The molecule has 2 aromatic rings. The van der Waals surface area contributed by atoms with Gasteiger partial charge in [-0.15, -0.1) is 0 Å². The van der Waals surface area contributed by atoms with Crippen molar-refractivity contribution in [2.45, 2.75) is 24.8 Å². The fourth-order valence-electron chi connectivity index (χ4n) is 1.85. The van der Waals surface area contributed by atoms with Crippen molar-refractivity contribution in [3.8, 4) is 0 Å². The summed E-state index contributed by atoms with van der Waals surface area (Å²) in [4.78, 5) is -0.464. The number of nitrogens with one attached hydrogen (secondary N) is 1. The number of halogens is 1. The van der Waals surface area contributed by atoms with E-state index in [2.05, 4.69) is 4.72 Å². The van der Waals surface area contributed by atoms with E-state index in [0.717, 1.165) is 6.07 Å². The molecule has 0 aliphatic carbocycles. The van der Waals surface area contributed by atoms with Crippen LogP contribution in [0.25, 0.3) is 0 Å². The molecule has 0 aliphatic heterocycles. The van der Waals surface area contributed by atoms with Gasteiger partial charge in [-0.05, 0) is 43.7 Å². The Bertz CT molecular complexity index is 711. The van der Waals surface area contributed by atoms with Crippen LogP contribution in [0.3, 0.4) is 0 Å². The Kier molecular flexibility index (Phi) is 3.82. The van der Waals surface area contributed by atoms with Crippen LogP contribution in [0.1, 0.15) is 24.3 Å². The van der Waals surface area contributed by atoms with Crippen LogP contribution in [0.4, 0.5) is 10.1 Å². The van der Waals surface area contributed by atoms with Gasteiger partial charge in [-0.2, -0.15) is 0 Å². The first-order valence-corrected chi connectivity index (χ1v) is 7.41.